The normalized spacial score (nSPS) is 19.4. The molecule has 7 heteroatoms. The van der Waals surface area contributed by atoms with Crippen LogP contribution in [0.5, 0.6) is 5.88 Å². The molecule has 0 saturated carbocycles. The summed E-state index contributed by atoms with van der Waals surface area (Å²) in [6.45, 7) is 5.97. The summed E-state index contributed by atoms with van der Waals surface area (Å²) < 4.78 is 10.9. The lowest BCUT2D eigenvalue weighted by Crippen LogP contribution is -2.41. The molecule has 2 rings (SSSR count). The molecule has 0 aromatic carbocycles. The Kier molecular flexibility index (Phi) is 3.96. The maximum Gasteiger partial charge on any atom is 0.410 e. The van der Waals surface area contributed by atoms with Gasteiger partial charge in [0.25, 0.3) is 0 Å². The van der Waals surface area contributed by atoms with Crippen LogP contribution in [0.1, 0.15) is 25.6 Å². The standard InChI is InChI=1S/C12H18N2O4S/c1-12(2,3)18-11(16)14-4-8(6-15)17-10-9(5-14)19-7-13-10/h7-8,15H,4-6H2,1-3H3. The number of hydrogen-bond donors (Lipinski definition) is 1. The van der Waals surface area contributed by atoms with E-state index < -0.39 is 17.8 Å². The van der Waals surface area contributed by atoms with Crippen molar-refractivity contribution in [3.63, 3.8) is 0 Å². The molecule has 1 N–H and O–H groups in total. The molecule has 6 nitrogen and oxygen atoms in total. The van der Waals surface area contributed by atoms with Crippen LogP contribution < -0.4 is 4.74 Å². The van der Waals surface area contributed by atoms with Crippen LogP contribution in [0.4, 0.5) is 4.79 Å². The molecule has 1 aromatic heterocycles. The van der Waals surface area contributed by atoms with E-state index in [1.807, 2.05) is 20.8 Å². The monoisotopic (exact) mass is 286 g/mol. The molecule has 0 aliphatic carbocycles. The molecule has 1 aliphatic rings. The Morgan fingerprint density at radius 2 is 2.42 bits per heavy atom. The lowest BCUT2D eigenvalue weighted by Gasteiger charge is -2.27. The van der Waals surface area contributed by atoms with Crippen molar-refractivity contribution in [2.75, 3.05) is 13.2 Å². The molecule has 1 atom stereocenters. The molecule has 0 spiro atoms. The van der Waals surface area contributed by atoms with Crippen LogP contribution in [0, 0.1) is 0 Å². The van der Waals surface area contributed by atoms with Gasteiger partial charge in [0.1, 0.15) is 11.7 Å². The van der Waals surface area contributed by atoms with Gasteiger partial charge in [-0.15, -0.1) is 11.3 Å². The van der Waals surface area contributed by atoms with Crippen LogP contribution in [0.25, 0.3) is 0 Å². The molecule has 0 fully saturated rings. The van der Waals surface area contributed by atoms with Crippen LogP contribution in [-0.4, -0.2) is 45.9 Å². The van der Waals surface area contributed by atoms with E-state index in [0.29, 0.717) is 12.4 Å². The molecule has 1 aliphatic heterocycles. The molecule has 1 amide bonds. The highest BCUT2D eigenvalue weighted by Gasteiger charge is 2.30. The number of carbonyl (C=O) groups excluding carboxylic acids is 1. The lowest BCUT2D eigenvalue weighted by molar-refractivity contribution is 0.0134. The number of amides is 1. The fourth-order valence-corrected chi connectivity index (χ4v) is 2.41. The van der Waals surface area contributed by atoms with Crippen molar-refractivity contribution >= 4 is 17.4 Å². The minimum atomic E-state index is -0.546. The lowest BCUT2D eigenvalue weighted by atomic mass is 10.2. The molecule has 0 radical (unpaired) electrons. The van der Waals surface area contributed by atoms with Crippen molar-refractivity contribution in [1.29, 1.82) is 0 Å². The minimum absolute atomic E-state index is 0.170. The van der Waals surface area contributed by atoms with Crippen LogP contribution in [0.3, 0.4) is 0 Å². The van der Waals surface area contributed by atoms with Crippen LogP contribution in [0.15, 0.2) is 5.51 Å². The predicted octanol–water partition coefficient (Wildman–Crippen LogP) is 1.63. The van der Waals surface area contributed by atoms with Crippen molar-refractivity contribution in [2.24, 2.45) is 0 Å². The van der Waals surface area contributed by atoms with Crippen LogP contribution in [-0.2, 0) is 11.3 Å². The van der Waals surface area contributed by atoms with Gasteiger partial charge in [-0.2, -0.15) is 0 Å². The summed E-state index contributed by atoms with van der Waals surface area (Å²) in [6, 6.07) is 0. The summed E-state index contributed by atoms with van der Waals surface area (Å²) in [5.74, 6) is 0.495. The van der Waals surface area contributed by atoms with E-state index in [-0.39, 0.29) is 13.2 Å². The number of aromatic nitrogens is 1. The molecule has 106 valence electrons. The van der Waals surface area contributed by atoms with Gasteiger partial charge in [0.05, 0.1) is 30.1 Å². The third kappa shape index (κ3) is 3.57. The van der Waals surface area contributed by atoms with Crippen molar-refractivity contribution in [3.05, 3.63) is 10.4 Å². The first-order valence-corrected chi connectivity index (χ1v) is 6.95. The quantitative estimate of drug-likeness (QED) is 0.849. The molecule has 1 aromatic rings. The van der Waals surface area contributed by atoms with Gasteiger partial charge in [-0.1, -0.05) is 0 Å². The van der Waals surface area contributed by atoms with E-state index in [1.165, 1.54) is 16.2 Å². The topological polar surface area (TPSA) is 71.9 Å². The second-order valence-electron chi connectivity index (χ2n) is 5.36. The number of carbonyl (C=O) groups is 1. The Labute approximate surface area is 116 Å². The van der Waals surface area contributed by atoms with E-state index in [9.17, 15) is 9.90 Å². The second kappa shape index (κ2) is 5.34. The summed E-state index contributed by atoms with van der Waals surface area (Å²) in [5.41, 5.74) is 1.12. The number of nitrogens with zero attached hydrogens (tertiary/aromatic N) is 2. The predicted molar refractivity (Wildman–Crippen MR) is 70.3 cm³/mol. The Balaban J connectivity index is 2.15. The molecule has 1 unspecified atom stereocenters. The largest absolute Gasteiger partial charge is 0.469 e. The van der Waals surface area contributed by atoms with Gasteiger partial charge < -0.3 is 14.6 Å². The van der Waals surface area contributed by atoms with Crippen molar-refractivity contribution in [1.82, 2.24) is 9.88 Å². The fourth-order valence-electron chi connectivity index (χ4n) is 1.70. The zero-order valence-corrected chi connectivity index (χ0v) is 12.1. The number of hydrogen-bond acceptors (Lipinski definition) is 6. The highest BCUT2D eigenvalue weighted by atomic mass is 32.1. The van der Waals surface area contributed by atoms with Crippen molar-refractivity contribution < 1.29 is 19.4 Å². The van der Waals surface area contributed by atoms with Gasteiger partial charge in [-0.3, -0.25) is 4.90 Å². The molecular formula is C12H18N2O4S. The van der Waals surface area contributed by atoms with E-state index in [1.54, 1.807) is 5.51 Å². The Bertz CT molecular complexity index is 455. The van der Waals surface area contributed by atoms with E-state index in [0.717, 1.165) is 4.88 Å². The smallest absolute Gasteiger partial charge is 0.410 e. The number of thiazole rings is 1. The molecular weight excluding hydrogens is 268 g/mol. The number of rotatable bonds is 1. The average Bonchev–Trinajstić information content (AvgIpc) is 2.64. The zero-order valence-electron chi connectivity index (χ0n) is 11.3. The van der Waals surface area contributed by atoms with Gasteiger partial charge in [0.15, 0.2) is 0 Å². The van der Waals surface area contributed by atoms with Gasteiger partial charge in [-0.05, 0) is 20.8 Å². The van der Waals surface area contributed by atoms with E-state index in [4.69, 9.17) is 9.47 Å². The van der Waals surface area contributed by atoms with Crippen molar-refractivity contribution in [2.45, 2.75) is 39.0 Å². The molecule has 0 bridgehead atoms. The second-order valence-corrected chi connectivity index (χ2v) is 6.30. The van der Waals surface area contributed by atoms with Crippen LogP contribution in [0.2, 0.25) is 0 Å². The molecule has 0 saturated heterocycles. The zero-order chi connectivity index (χ0) is 14.0. The van der Waals surface area contributed by atoms with Crippen LogP contribution >= 0.6 is 11.3 Å². The Hall–Kier alpha value is -1.34. The summed E-state index contributed by atoms with van der Waals surface area (Å²) in [5, 5.41) is 9.28. The summed E-state index contributed by atoms with van der Waals surface area (Å²) in [7, 11) is 0. The first kappa shape index (κ1) is 14.1. The summed E-state index contributed by atoms with van der Waals surface area (Å²) >= 11 is 1.42. The van der Waals surface area contributed by atoms with E-state index in [2.05, 4.69) is 4.98 Å². The average molecular weight is 286 g/mol. The molecule has 2 heterocycles. The maximum absolute atomic E-state index is 12.1. The van der Waals surface area contributed by atoms with Gasteiger partial charge >= 0.3 is 6.09 Å². The third-order valence-electron chi connectivity index (χ3n) is 2.50. The SMILES string of the molecule is CC(C)(C)OC(=O)N1Cc2scnc2OC(CO)C1. The Morgan fingerprint density at radius 1 is 1.68 bits per heavy atom. The van der Waals surface area contributed by atoms with Gasteiger partial charge in [0, 0.05) is 0 Å². The number of ether oxygens (including phenoxy) is 2. The maximum atomic E-state index is 12.1. The first-order chi connectivity index (χ1) is 8.89. The number of aliphatic hydroxyl groups excluding tert-OH is 1. The van der Waals surface area contributed by atoms with Gasteiger partial charge in [0.2, 0.25) is 5.88 Å². The molecule has 19 heavy (non-hydrogen) atoms. The highest BCUT2D eigenvalue weighted by molar-refractivity contribution is 7.09. The fraction of sp³-hybridized carbons (Fsp3) is 0.667. The summed E-state index contributed by atoms with van der Waals surface area (Å²) in [4.78, 5) is 18.6. The van der Waals surface area contributed by atoms with Gasteiger partial charge in [-0.25, -0.2) is 9.78 Å². The van der Waals surface area contributed by atoms with E-state index >= 15 is 0 Å². The summed E-state index contributed by atoms with van der Waals surface area (Å²) in [6.07, 6.45) is -0.883. The Morgan fingerprint density at radius 3 is 3.05 bits per heavy atom. The minimum Gasteiger partial charge on any atom is -0.469 e. The van der Waals surface area contributed by atoms with Crippen molar-refractivity contribution in [3.8, 4) is 5.88 Å². The number of fused-ring (bicyclic) bond motifs is 1. The number of aliphatic hydroxyl groups is 1. The first-order valence-electron chi connectivity index (χ1n) is 6.07. The highest BCUT2D eigenvalue weighted by Crippen LogP contribution is 2.27. The third-order valence-corrected chi connectivity index (χ3v) is 3.29.